The largest absolute Gasteiger partial charge is 0.872 e. The van der Waals surface area contributed by atoms with Crippen LogP contribution in [0, 0.1) is 0 Å². The van der Waals surface area contributed by atoms with Gasteiger partial charge in [-0.25, -0.2) is 4.79 Å². The van der Waals surface area contributed by atoms with Gasteiger partial charge in [-0.1, -0.05) is 23.9 Å². The minimum Gasteiger partial charge on any atom is -0.872 e. The highest BCUT2D eigenvalue weighted by molar-refractivity contribution is 6.18. The number of carboxylic acid groups (broad SMARTS) is 1. The molecule has 0 aliphatic carbocycles. The van der Waals surface area contributed by atoms with Crippen LogP contribution in [0.15, 0.2) is 24.3 Å². The van der Waals surface area contributed by atoms with E-state index in [1.807, 2.05) is 0 Å². The van der Waals surface area contributed by atoms with E-state index in [1.165, 1.54) is 66.1 Å². The summed E-state index contributed by atoms with van der Waals surface area (Å²) in [5, 5.41) is 19.0. The summed E-state index contributed by atoms with van der Waals surface area (Å²) in [6.45, 7) is 8.90. The maximum absolute atomic E-state index is 10.7. The molecular formula is C16H23Cl2N2O3+. The summed E-state index contributed by atoms with van der Waals surface area (Å²) in [5.74, 6) is -0.0116. The number of fused-ring (bicyclic) bond motifs is 2. The fraction of sp³-hybridized carbons (Fsp3) is 0.562. The summed E-state index contributed by atoms with van der Waals surface area (Å²) < 4.78 is 2.53. The molecule has 2 aliphatic heterocycles. The molecule has 0 atom stereocenters. The van der Waals surface area contributed by atoms with Crippen molar-refractivity contribution >= 4 is 29.2 Å². The van der Waals surface area contributed by atoms with Crippen molar-refractivity contribution in [3.05, 3.63) is 29.8 Å². The molecule has 2 saturated heterocycles. The number of quaternary nitrogens is 2. The van der Waals surface area contributed by atoms with Gasteiger partial charge in [0.2, 0.25) is 6.67 Å². The Balaban J connectivity index is 0.000000174. The molecule has 1 aromatic carbocycles. The number of halogens is 2. The molecule has 1 N–H and O–H groups in total. The van der Waals surface area contributed by atoms with Gasteiger partial charge in [-0.05, 0) is 6.07 Å². The number of rotatable bonds is 5. The second kappa shape index (κ2) is 7.71. The molecule has 7 heteroatoms. The number of hydrogen-bond acceptors (Lipinski definition) is 2. The molecule has 0 unspecified atom stereocenters. The summed E-state index contributed by atoms with van der Waals surface area (Å²) in [7, 11) is 0. The first-order valence-corrected chi connectivity index (χ1v) is 8.84. The SMILES string of the molecule is ClCC[N+]12CC[N+](CCCl)(CC1)C2.O=C(O)c1ccccc1[O-]. The van der Waals surface area contributed by atoms with Gasteiger partial charge in [0.05, 0.1) is 30.4 Å². The Morgan fingerprint density at radius 1 is 1.04 bits per heavy atom. The third kappa shape index (κ3) is 4.29. The van der Waals surface area contributed by atoms with E-state index < -0.39 is 11.7 Å². The van der Waals surface area contributed by atoms with E-state index in [2.05, 4.69) is 0 Å². The average molecular weight is 362 g/mol. The summed E-state index contributed by atoms with van der Waals surface area (Å²) in [4.78, 5) is 10.2. The molecule has 2 heterocycles. The van der Waals surface area contributed by atoms with Crippen LogP contribution in [-0.2, 0) is 0 Å². The van der Waals surface area contributed by atoms with Crippen molar-refractivity contribution < 1.29 is 24.0 Å². The Morgan fingerprint density at radius 2 is 1.52 bits per heavy atom. The van der Waals surface area contributed by atoms with Crippen LogP contribution in [0.25, 0.3) is 0 Å². The molecule has 1 aromatic rings. The number of carbonyl (C=O) groups is 1. The van der Waals surface area contributed by atoms with Gasteiger partial charge in [0.15, 0.2) is 0 Å². The lowest BCUT2D eigenvalue weighted by molar-refractivity contribution is -0.985. The first-order chi connectivity index (χ1) is 11.0. The van der Waals surface area contributed by atoms with E-state index in [0.717, 1.165) is 24.8 Å². The molecule has 2 bridgehead atoms. The van der Waals surface area contributed by atoms with Crippen LogP contribution in [0.3, 0.4) is 0 Å². The number of nitrogens with zero attached hydrogens (tertiary/aromatic N) is 2. The van der Waals surface area contributed by atoms with Crippen molar-refractivity contribution in [2.45, 2.75) is 0 Å². The molecule has 128 valence electrons. The van der Waals surface area contributed by atoms with Crippen molar-refractivity contribution in [1.29, 1.82) is 0 Å². The highest BCUT2D eigenvalue weighted by Gasteiger charge is 2.54. The third-order valence-corrected chi connectivity index (χ3v) is 5.27. The lowest BCUT2D eigenvalue weighted by Crippen LogP contribution is -2.48. The van der Waals surface area contributed by atoms with Crippen LogP contribution in [0.5, 0.6) is 5.75 Å². The Kier molecular flexibility index (Phi) is 6.14. The van der Waals surface area contributed by atoms with Crippen molar-refractivity contribution in [3.8, 4) is 5.75 Å². The number of piperazine rings is 1. The van der Waals surface area contributed by atoms with E-state index in [4.69, 9.17) is 28.3 Å². The van der Waals surface area contributed by atoms with Gasteiger partial charge >= 0.3 is 5.97 Å². The van der Waals surface area contributed by atoms with Gasteiger partial charge in [0, 0.05) is 0 Å². The smallest absolute Gasteiger partial charge is 0.335 e. The molecule has 0 aromatic heterocycles. The second-order valence-electron chi connectivity index (χ2n) is 6.35. The monoisotopic (exact) mass is 361 g/mol. The first-order valence-electron chi connectivity index (χ1n) is 7.77. The van der Waals surface area contributed by atoms with Crippen LogP contribution in [0.4, 0.5) is 0 Å². The molecule has 0 amide bonds. The molecular weight excluding hydrogens is 339 g/mol. The molecule has 3 rings (SSSR count). The number of para-hydroxylation sites is 1. The highest BCUT2D eigenvalue weighted by Crippen LogP contribution is 2.31. The van der Waals surface area contributed by atoms with Gasteiger partial charge in [-0.15, -0.1) is 23.2 Å². The average Bonchev–Trinajstić information content (AvgIpc) is 3.04. The maximum atomic E-state index is 10.7. The van der Waals surface area contributed by atoms with Crippen molar-refractivity contribution in [1.82, 2.24) is 0 Å². The van der Waals surface area contributed by atoms with Crippen LogP contribution in [-0.4, -0.2) is 77.7 Å². The minimum atomic E-state index is -1.18. The van der Waals surface area contributed by atoms with Crippen LogP contribution in [0.1, 0.15) is 10.4 Å². The Morgan fingerprint density at radius 3 is 1.87 bits per heavy atom. The molecule has 0 saturated carbocycles. The summed E-state index contributed by atoms with van der Waals surface area (Å²) in [6, 6.07) is 5.54. The van der Waals surface area contributed by atoms with Crippen molar-refractivity contribution in [2.75, 3.05) is 57.7 Å². The zero-order chi connectivity index (χ0) is 16.9. The summed E-state index contributed by atoms with van der Waals surface area (Å²) in [5.41, 5.74) is -0.178. The fourth-order valence-electron chi connectivity index (χ4n) is 3.58. The highest BCUT2D eigenvalue weighted by atomic mass is 35.5. The van der Waals surface area contributed by atoms with Gasteiger partial charge in [-0.3, -0.25) is 8.97 Å². The second-order valence-corrected chi connectivity index (χ2v) is 7.10. The van der Waals surface area contributed by atoms with Gasteiger partial charge in [-0.2, -0.15) is 0 Å². The van der Waals surface area contributed by atoms with E-state index >= 15 is 0 Å². The van der Waals surface area contributed by atoms with Gasteiger partial charge < -0.3 is 10.2 Å². The normalized spacial score (nSPS) is 28.3. The van der Waals surface area contributed by atoms with Crippen LogP contribution < -0.4 is 5.11 Å². The number of hydrogen-bond donors (Lipinski definition) is 1. The van der Waals surface area contributed by atoms with Crippen LogP contribution >= 0.6 is 23.2 Å². The predicted molar refractivity (Wildman–Crippen MR) is 88.9 cm³/mol. The zero-order valence-electron chi connectivity index (χ0n) is 13.1. The molecule has 2 fully saturated rings. The molecule has 0 radical (unpaired) electrons. The maximum Gasteiger partial charge on any atom is 0.335 e. The third-order valence-electron chi connectivity index (χ3n) is 4.93. The Hall–Kier alpha value is -1.01. The molecule has 5 nitrogen and oxygen atoms in total. The van der Waals surface area contributed by atoms with E-state index in [1.54, 1.807) is 0 Å². The number of alkyl halides is 2. The Labute approximate surface area is 146 Å². The van der Waals surface area contributed by atoms with E-state index in [9.17, 15) is 9.90 Å². The summed E-state index contributed by atoms with van der Waals surface area (Å²) >= 11 is 11.7. The van der Waals surface area contributed by atoms with Crippen molar-refractivity contribution in [2.24, 2.45) is 0 Å². The first kappa shape index (κ1) is 18.3. The topological polar surface area (TPSA) is 60.4 Å². The molecule has 0 spiro atoms. The Bertz CT molecular complexity index is 526. The molecule has 2 aliphatic rings. The summed E-state index contributed by atoms with van der Waals surface area (Å²) in [6.07, 6.45) is 0. The number of carboxylic acids is 1. The van der Waals surface area contributed by atoms with E-state index in [0.29, 0.717) is 0 Å². The van der Waals surface area contributed by atoms with Crippen molar-refractivity contribution in [3.63, 3.8) is 0 Å². The number of benzene rings is 1. The number of aromatic carboxylic acids is 1. The van der Waals surface area contributed by atoms with E-state index in [-0.39, 0.29) is 5.56 Å². The zero-order valence-corrected chi connectivity index (χ0v) is 14.6. The lowest BCUT2D eigenvalue weighted by atomic mass is 10.2. The standard InChI is InChI=1S/C9H18Cl2N2.C7H6O3/c10-1-3-12-5-7-13(9-12,4-2-11)8-6-12;8-6-4-2-1-3-5(6)7(9)10/h1-9H2;1-4,8H,(H,9,10)/q+2;/p-1. The lowest BCUT2D eigenvalue weighted by Gasteiger charge is -2.26. The minimum absolute atomic E-state index is 0.178. The van der Waals surface area contributed by atoms with Gasteiger partial charge in [0.1, 0.15) is 26.2 Å². The quantitative estimate of drug-likeness (QED) is 0.639. The van der Waals surface area contributed by atoms with Crippen LogP contribution in [0.2, 0.25) is 0 Å². The van der Waals surface area contributed by atoms with Gasteiger partial charge in [0.25, 0.3) is 0 Å². The predicted octanol–water partition coefficient (Wildman–Crippen LogP) is 1.54. The molecule has 23 heavy (non-hydrogen) atoms. The fourth-order valence-corrected chi connectivity index (χ4v) is 4.30.